The lowest BCUT2D eigenvalue weighted by Crippen LogP contribution is -2.17. The summed E-state index contributed by atoms with van der Waals surface area (Å²) in [6.45, 7) is 3.06. The fourth-order valence-corrected chi connectivity index (χ4v) is 2.20. The summed E-state index contributed by atoms with van der Waals surface area (Å²) in [7, 11) is 0. The van der Waals surface area contributed by atoms with Gasteiger partial charge in [-0.1, -0.05) is 25.5 Å². The molecule has 0 unspecified atom stereocenters. The van der Waals surface area contributed by atoms with Crippen molar-refractivity contribution < 1.29 is 9.90 Å². The van der Waals surface area contributed by atoms with Crippen molar-refractivity contribution in [2.45, 2.75) is 38.8 Å². The van der Waals surface area contributed by atoms with Gasteiger partial charge in [0, 0.05) is 12.6 Å². The lowest BCUT2D eigenvalue weighted by atomic mass is 10.1. The molecule has 1 aromatic carbocycles. The summed E-state index contributed by atoms with van der Waals surface area (Å²) < 4.78 is 0. The Hall–Kier alpha value is -1.35. The van der Waals surface area contributed by atoms with Crippen LogP contribution in [-0.4, -0.2) is 17.1 Å². The molecule has 0 amide bonds. The molecule has 0 heterocycles. The van der Waals surface area contributed by atoms with E-state index in [9.17, 15) is 4.79 Å². The highest BCUT2D eigenvalue weighted by atomic mass is 16.4. The maximum atomic E-state index is 10.7. The zero-order valence-corrected chi connectivity index (χ0v) is 10.1. The van der Waals surface area contributed by atoms with Gasteiger partial charge < -0.3 is 10.4 Å². The van der Waals surface area contributed by atoms with Crippen molar-refractivity contribution in [3.05, 3.63) is 35.4 Å². The van der Waals surface area contributed by atoms with Crippen molar-refractivity contribution in [1.29, 1.82) is 0 Å². The van der Waals surface area contributed by atoms with E-state index in [0.717, 1.165) is 18.0 Å². The lowest BCUT2D eigenvalue weighted by molar-refractivity contribution is 0.0697. The molecule has 2 rings (SSSR count). The third-order valence-electron chi connectivity index (χ3n) is 3.35. The summed E-state index contributed by atoms with van der Waals surface area (Å²) >= 11 is 0. The first-order chi connectivity index (χ1) is 8.20. The van der Waals surface area contributed by atoms with Gasteiger partial charge in [0.25, 0.3) is 0 Å². The zero-order chi connectivity index (χ0) is 12.3. The first-order valence-electron chi connectivity index (χ1n) is 6.26. The minimum absolute atomic E-state index is 0.351. The molecule has 3 heteroatoms. The fourth-order valence-electron chi connectivity index (χ4n) is 2.20. The average Bonchev–Trinajstić information content (AvgIpc) is 3.06. The highest BCUT2D eigenvalue weighted by Gasteiger charge is 2.35. The van der Waals surface area contributed by atoms with Gasteiger partial charge in [0.2, 0.25) is 0 Å². The lowest BCUT2D eigenvalue weighted by Gasteiger charge is -2.04. The van der Waals surface area contributed by atoms with Crippen molar-refractivity contribution in [1.82, 2.24) is 5.32 Å². The van der Waals surface area contributed by atoms with Crippen molar-refractivity contribution in [2.75, 3.05) is 0 Å². The Morgan fingerprint density at radius 2 is 2.12 bits per heavy atom. The number of aromatic carboxylic acids is 1. The number of hydrogen-bond acceptors (Lipinski definition) is 2. The van der Waals surface area contributed by atoms with Gasteiger partial charge >= 0.3 is 5.97 Å². The normalized spacial score (nSPS) is 22.4. The van der Waals surface area contributed by atoms with Gasteiger partial charge in [0.15, 0.2) is 0 Å². The molecule has 1 aromatic rings. The Morgan fingerprint density at radius 3 is 2.71 bits per heavy atom. The molecule has 0 aromatic heterocycles. The van der Waals surface area contributed by atoms with Crippen LogP contribution in [0.2, 0.25) is 0 Å². The average molecular weight is 233 g/mol. The number of benzene rings is 1. The SMILES string of the molecule is CCC[C@@H]1C[C@H]1NCc1ccc(C(=O)O)cc1. The second kappa shape index (κ2) is 5.32. The van der Waals surface area contributed by atoms with Crippen LogP contribution >= 0.6 is 0 Å². The van der Waals surface area contributed by atoms with Gasteiger partial charge in [0.1, 0.15) is 0 Å². The molecular weight excluding hydrogens is 214 g/mol. The third-order valence-corrected chi connectivity index (χ3v) is 3.35. The number of hydrogen-bond donors (Lipinski definition) is 2. The first-order valence-corrected chi connectivity index (χ1v) is 6.26. The van der Waals surface area contributed by atoms with E-state index in [1.165, 1.54) is 19.3 Å². The monoisotopic (exact) mass is 233 g/mol. The molecule has 2 N–H and O–H groups in total. The summed E-state index contributed by atoms with van der Waals surface area (Å²) in [5, 5.41) is 12.3. The molecule has 0 saturated heterocycles. The van der Waals surface area contributed by atoms with Crippen molar-refractivity contribution in [3.8, 4) is 0 Å². The Kier molecular flexibility index (Phi) is 3.79. The molecule has 92 valence electrons. The molecule has 0 bridgehead atoms. The van der Waals surface area contributed by atoms with Gasteiger partial charge in [-0.05, 0) is 36.5 Å². The van der Waals surface area contributed by atoms with Crippen molar-refractivity contribution in [3.63, 3.8) is 0 Å². The van der Waals surface area contributed by atoms with Gasteiger partial charge in [-0.25, -0.2) is 4.79 Å². The molecule has 0 spiro atoms. The molecule has 1 aliphatic carbocycles. The van der Waals surface area contributed by atoms with Crippen LogP contribution in [0.4, 0.5) is 0 Å². The standard InChI is InChI=1S/C14H19NO2/c1-2-3-12-8-13(12)15-9-10-4-6-11(7-5-10)14(16)17/h4-7,12-13,15H,2-3,8-9H2,1H3,(H,16,17)/t12-,13-/m1/s1. The van der Waals surface area contributed by atoms with Crippen LogP contribution < -0.4 is 5.32 Å². The number of carboxylic acids is 1. The van der Waals surface area contributed by atoms with Crippen LogP contribution in [0.15, 0.2) is 24.3 Å². The summed E-state index contributed by atoms with van der Waals surface area (Å²) in [5.74, 6) is -0.00648. The minimum atomic E-state index is -0.866. The Labute approximate surface area is 102 Å². The topological polar surface area (TPSA) is 49.3 Å². The van der Waals surface area contributed by atoms with Crippen LogP contribution in [0, 0.1) is 5.92 Å². The van der Waals surface area contributed by atoms with Crippen molar-refractivity contribution in [2.24, 2.45) is 5.92 Å². The van der Waals surface area contributed by atoms with E-state index >= 15 is 0 Å². The molecular formula is C14H19NO2. The van der Waals surface area contributed by atoms with E-state index in [1.807, 2.05) is 12.1 Å². The summed E-state index contributed by atoms with van der Waals surface area (Å²) in [4.78, 5) is 10.7. The Morgan fingerprint density at radius 1 is 1.41 bits per heavy atom. The van der Waals surface area contributed by atoms with Crippen LogP contribution in [0.3, 0.4) is 0 Å². The second-order valence-corrected chi connectivity index (χ2v) is 4.77. The predicted octanol–water partition coefficient (Wildman–Crippen LogP) is 2.66. The van der Waals surface area contributed by atoms with E-state index < -0.39 is 5.97 Å². The maximum absolute atomic E-state index is 10.7. The van der Waals surface area contributed by atoms with Gasteiger partial charge in [0.05, 0.1) is 5.56 Å². The van der Waals surface area contributed by atoms with Gasteiger partial charge in [-0.15, -0.1) is 0 Å². The zero-order valence-electron chi connectivity index (χ0n) is 10.1. The molecule has 3 nitrogen and oxygen atoms in total. The smallest absolute Gasteiger partial charge is 0.335 e. The van der Waals surface area contributed by atoms with E-state index in [-0.39, 0.29) is 0 Å². The minimum Gasteiger partial charge on any atom is -0.478 e. The highest BCUT2D eigenvalue weighted by molar-refractivity contribution is 5.87. The second-order valence-electron chi connectivity index (χ2n) is 4.77. The van der Waals surface area contributed by atoms with Gasteiger partial charge in [-0.3, -0.25) is 0 Å². The van der Waals surface area contributed by atoms with E-state index in [4.69, 9.17) is 5.11 Å². The number of rotatable bonds is 6. The summed E-state index contributed by atoms with van der Waals surface area (Å²) in [6, 6.07) is 7.77. The Balaban J connectivity index is 1.78. The molecule has 1 aliphatic rings. The molecule has 1 saturated carbocycles. The molecule has 17 heavy (non-hydrogen) atoms. The van der Waals surface area contributed by atoms with Crippen LogP contribution in [0.1, 0.15) is 42.1 Å². The number of nitrogens with one attached hydrogen (secondary N) is 1. The van der Waals surface area contributed by atoms with Gasteiger partial charge in [-0.2, -0.15) is 0 Å². The largest absolute Gasteiger partial charge is 0.478 e. The molecule has 1 fully saturated rings. The Bertz CT molecular complexity index is 386. The molecule has 0 radical (unpaired) electrons. The number of carbonyl (C=O) groups is 1. The molecule has 2 atom stereocenters. The van der Waals surface area contributed by atoms with Crippen LogP contribution in [-0.2, 0) is 6.54 Å². The summed E-state index contributed by atoms with van der Waals surface area (Å²) in [5.41, 5.74) is 1.50. The molecule has 0 aliphatic heterocycles. The fraction of sp³-hybridized carbons (Fsp3) is 0.500. The van der Waals surface area contributed by atoms with E-state index in [1.54, 1.807) is 12.1 Å². The van der Waals surface area contributed by atoms with Crippen LogP contribution in [0.5, 0.6) is 0 Å². The van der Waals surface area contributed by atoms with Crippen LogP contribution in [0.25, 0.3) is 0 Å². The quantitative estimate of drug-likeness (QED) is 0.794. The maximum Gasteiger partial charge on any atom is 0.335 e. The summed E-state index contributed by atoms with van der Waals surface area (Å²) in [6.07, 6.45) is 3.87. The number of carboxylic acid groups (broad SMARTS) is 1. The van der Waals surface area contributed by atoms with Crippen molar-refractivity contribution >= 4 is 5.97 Å². The third kappa shape index (κ3) is 3.30. The first kappa shape index (κ1) is 12.1. The van der Waals surface area contributed by atoms with E-state index in [2.05, 4.69) is 12.2 Å². The predicted molar refractivity (Wildman–Crippen MR) is 67.0 cm³/mol. The highest BCUT2D eigenvalue weighted by Crippen LogP contribution is 2.34. The van der Waals surface area contributed by atoms with E-state index in [0.29, 0.717) is 11.6 Å².